The van der Waals surface area contributed by atoms with Gasteiger partial charge in [-0.2, -0.15) is 0 Å². The summed E-state index contributed by atoms with van der Waals surface area (Å²) >= 11 is 0. The second-order valence-corrected chi connectivity index (χ2v) is 6.18. The van der Waals surface area contributed by atoms with Gasteiger partial charge in [-0.3, -0.25) is 10.1 Å². The summed E-state index contributed by atoms with van der Waals surface area (Å²) in [5, 5.41) is 6.45. The Bertz CT molecular complexity index is 762. The second kappa shape index (κ2) is 9.10. The van der Waals surface area contributed by atoms with Gasteiger partial charge in [-0.05, 0) is 31.0 Å². The van der Waals surface area contributed by atoms with Crippen molar-refractivity contribution in [2.75, 3.05) is 7.05 Å². The van der Waals surface area contributed by atoms with Crippen LogP contribution in [0.15, 0.2) is 48.5 Å². The number of aryl methyl sites for hydroxylation is 1. The Balaban J connectivity index is 2.28. The van der Waals surface area contributed by atoms with E-state index in [0.717, 1.165) is 17.5 Å². The van der Waals surface area contributed by atoms with Crippen molar-refractivity contribution in [3.8, 4) is 0 Å². The first-order valence-corrected chi connectivity index (χ1v) is 8.66. The largest absolute Gasteiger partial charge is 0.341 e. The lowest BCUT2D eigenvalue weighted by molar-refractivity contribution is -0.704. The topological polar surface area (TPSA) is 74.8 Å². The predicted octanol–water partition coefficient (Wildman–Crippen LogP) is 1.89. The zero-order valence-corrected chi connectivity index (χ0v) is 15.3. The third kappa shape index (κ3) is 5.13. The van der Waals surface area contributed by atoms with Gasteiger partial charge in [-0.15, -0.1) is 0 Å². The molecular formula is C20H25FN3O2+. The summed E-state index contributed by atoms with van der Waals surface area (Å²) in [6, 6.07) is 13.1. The maximum Gasteiger partial charge on any atom is 0.321 e. The molecule has 0 radical (unpaired) electrons. The summed E-state index contributed by atoms with van der Waals surface area (Å²) in [6.45, 7) is 3.79. The first-order chi connectivity index (χ1) is 12.4. The second-order valence-electron chi connectivity index (χ2n) is 6.18. The molecule has 3 amide bonds. The van der Waals surface area contributed by atoms with Crippen LogP contribution < -0.4 is 16.0 Å². The first kappa shape index (κ1) is 19.6. The Morgan fingerprint density at radius 1 is 1.12 bits per heavy atom. The molecule has 138 valence electrons. The van der Waals surface area contributed by atoms with Crippen molar-refractivity contribution in [2.24, 2.45) is 0 Å². The Kier molecular flexibility index (Phi) is 6.86. The molecule has 0 fully saturated rings. The summed E-state index contributed by atoms with van der Waals surface area (Å²) in [5.41, 5.74) is 2.93. The van der Waals surface area contributed by atoms with Crippen molar-refractivity contribution in [1.29, 1.82) is 0 Å². The molecule has 2 aromatic rings. The standard InChI is InChI=1S/C20H24FN3O2/c1-4-14-8-10-15(11-9-14)18(16-6-5-7-17(21)12-16)23-13(2)19(25)24-20(26)22-3/h5-13,18,23H,4H2,1-3H3,(H2,22,24,25,26)/p+1/t13-,18+/m1/s1. The van der Waals surface area contributed by atoms with Crippen LogP contribution in [0.4, 0.5) is 9.18 Å². The van der Waals surface area contributed by atoms with E-state index >= 15 is 0 Å². The van der Waals surface area contributed by atoms with E-state index in [9.17, 15) is 14.0 Å². The number of halogens is 1. The molecule has 0 saturated heterocycles. The minimum absolute atomic E-state index is 0.262. The molecule has 26 heavy (non-hydrogen) atoms. The molecule has 6 heteroatoms. The van der Waals surface area contributed by atoms with Gasteiger partial charge in [-0.25, -0.2) is 9.18 Å². The van der Waals surface area contributed by atoms with Gasteiger partial charge in [0.15, 0.2) is 6.04 Å². The molecule has 0 unspecified atom stereocenters. The number of carbonyl (C=O) groups is 2. The molecular weight excluding hydrogens is 333 g/mol. The van der Waals surface area contributed by atoms with Crippen molar-refractivity contribution >= 4 is 11.9 Å². The summed E-state index contributed by atoms with van der Waals surface area (Å²) < 4.78 is 13.7. The number of carbonyl (C=O) groups excluding carboxylic acids is 2. The number of nitrogens with two attached hydrogens (primary N) is 1. The Labute approximate surface area is 153 Å². The van der Waals surface area contributed by atoms with Crippen molar-refractivity contribution < 1.29 is 19.3 Å². The van der Waals surface area contributed by atoms with Crippen LogP contribution in [-0.4, -0.2) is 25.0 Å². The smallest absolute Gasteiger partial charge is 0.321 e. The van der Waals surface area contributed by atoms with E-state index < -0.39 is 18.0 Å². The summed E-state index contributed by atoms with van der Waals surface area (Å²) in [4.78, 5) is 23.6. The average Bonchev–Trinajstić information content (AvgIpc) is 2.65. The van der Waals surface area contributed by atoms with Gasteiger partial charge < -0.3 is 10.6 Å². The summed E-state index contributed by atoms with van der Waals surface area (Å²) in [6.07, 6.45) is 0.930. The van der Waals surface area contributed by atoms with Crippen LogP contribution in [0, 0.1) is 5.82 Å². The highest BCUT2D eigenvalue weighted by Gasteiger charge is 2.26. The number of urea groups is 1. The number of amides is 3. The number of quaternary nitrogens is 1. The zero-order valence-electron chi connectivity index (χ0n) is 15.3. The third-order valence-electron chi connectivity index (χ3n) is 4.31. The van der Waals surface area contributed by atoms with Crippen LogP contribution in [0.25, 0.3) is 0 Å². The van der Waals surface area contributed by atoms with Crippen molar-refractivity contribution in [2.45, 2.75) is 32.4 Å². The normalized spacial score (nSPS) is 12.9. The summed E-state index contributed by atoms with van der Waals surface area (Å²) in [5.74, 6) is -0.732. The van der Waals surface area contributed by atoms with Gasteiger partial charge in [0.1, 0.15) is 11.9 Å². The van der Waals surface area contributed by atoms with Gasteiger partial charge in [-0.1, -0.05) is 43.3 Å². The van der Waals surface area contributed by atoms with E-state index in [2.05, 4.69) is 17.6 Å². The van der Waals surface area contributed by atoms with Gasteiger partial charge in [0.2, 0.25) is 0 Å². The van der Waals surface area contributed by atoms with Crippen LogP contribution in [-0.2, 0) is 11.2 Å². The molecule has 0 aliphatic heterocycles. The molecule has 0 saturated carbocycles. The SMILES string of the molecule is CCc1ccc([C@H]([NH2+][C@H](C)C(=O)NC(=O)NC)c2cccc(F)c2)cc1. The number of benzene rings is 2. The lowest BCUT2D eigenvalue weighted by Crippen LogP contribution is -2.93. The molecule has 0 aromatic heterocycles. The van der Waals surface area contributed by atoms with Crippen LogP contribution in [0.2, 0.25) is 0 Å². The van der Waals surface area contributed by atoms with Gasteiger partial charge in [0, 0.05) is 18.2 Å². The number of imide groups is 1. The number of hydrogen-bond acceptors (Lipinski definition) is 2. The zero-order chi connectivity index (χ0) is 19.1. The highest BCUT2D eigenvalue weighted by atomic mass is 19.1. The van der Waals surface area contributed by atoms with E-state index in [1.807, 2.05) is 35.6 Å². The summed E-state index contributed by atoms with van der Waals surface area (Å²) in [7, 11) is 1.45. The third-order valence-corrected chi connectivity index (χ3v) is 4.31. The number of nitrogens with one attached hydrogen (secondary N) is 2. The van der Waals surface area contributed by atoms with E-state index in [1.54, 1.807) is 13.0 Å². The molecule has 0 spiro atoms. The van der Waals surface area contributed by atoms with E-state index in [1.165, 1.54) is 24.7 Å². The fraction of sp³-hybridized carbons (Fsp3) is 0.300. The van der Waals surface area contributed by atoms with Crippen LogP contribution >= 0.6 is 0 Å². The maximum absolute atomic E-state index is 13.7. The molecule has 4 N–H and O–H groups in total. The van der Waals surface area contributed by atoms with Gasteiger partial charge in [0.25, 0.3) is 5.91 Å². The quantitative estimate of drug-likeness (QED) is 0.738. The molecule has 5 nitrogen and oxygen atoms in total. The van der Waals surface area contributed by atoms with E-state index in [4.69, 9.17) is 0 Å². The molecule has 2 aromatic carbocycles. The molecule has 2 atom stereocenters. The average molecular weight is 358 g/mol. The maximum atomic E-state index is 13.7. The van der Waals surface area contributed by atoms with E-state index in [-0.39, 0.29) is 11.9 Å². The lowest BCUT2D eigenvalue weighted by Gasteiger charge is -2.21. The van der Waals surface area contributed by atoms with Crippen molar-refractivity contribution in [1.82, 2.24) is 10.6 Å². The molecule has 2 rings (SSSR count). The fourth-order valence-electron chi connectivity index (χ4n) is 2.74. The highest BCUT2D eigenvalue weighted by molar-refractivity contribution is 5.95. The highest BCUT2D eigenvalue weighted by Crippen LogP contribution is 2.20. The molecule has 0 bridgehead atoms. The van der Waals surface area contributed by atoms with Crippen molar-refractivity contribution in [3.63, 3.8) is 0 Å². The van der Waals surface area contributed by atoms with Crippen LogP contribution in [0.1, 0.15) is 36.6 Å². The van der Waals surface area contributed by atoms with Gasteiger partial charge in [0.05, 0.1) is 0 Å². The minimum Gasteiger partial charge on any atom is -0.341 e. The fourth-order valence-corrected chi connectivity index (χ4v) is 2.74. The molecule has 0 heterocycles. The predicted molar refractivity (Wildman–Crippen MR) is 98.0 cm³/mol. The van der Waals surface area contributed by atoms with Crippen molar-refractivity contribution in [3.05, 3.63) is 71.0 Å². The number of hydrogen-bond donors (Lipinski definition) is 3. The molecule has 0 aliphatic carbocycles. The Morgan fingerprint density at radius 2 is 1.81 bits per heavy atom. The van der Waals surface area contributed by atoms with Crippen LogP contribution in [0.3, 0.4) is 0 Å². The Hall–Kier alpha value is -2.73. The number of rotatable bonds is 6. The monoisotopic (exact) mass is 358 g/mol. The minimum atomic E-state index is -0.551. The van der Waals surface area contributed by atoms with Gasteiger partial charge >= 0.3 is 6.03 Å². The lowest BCUT2D eigenvalue weighted by atomic mass is 9.96. The molecule has 0 aliphatic rings. The first-order valence-electron chi connectivity index (χ1n) is 8.66. The van der Waals surface area contributed by atoms with E-state index in [0.29, 0.717) is 0 Å². The van der Waals surface area contributed by atoms with Crippen LogP contribution in [0.5, 0.6) is 0 Å². The Morgan fingerprint density at radius 3 is 2.38 bits per heavy atom.